The van der Waals surface area contributed by atoms with Gasteiger partial charge in [-0.2, -0.15) is 0 Å². The minimum Gasteiger partial charge on any atom is -0.490 e. The number of esters is 3. The first-order valence-corrected chi connectivity index (χ1v) is 43.3. The Hall–Kier alpha value is -6.84. The number of aliphatic hydroxyl groups excluding tert-OH is 3. The number of anilines is 3. The van der Waals surface area contributed by atoms with Crippen molar-refractivity contribution in [2.75, 3.05) is 115 Å². The van der Waals surface area contributed by atoms with E-state index in [-0.39, 0.29) is 88.5 Å². The number of aryl methyl sites for hydroxylation is 3. The number of rotatable bonds is 12. The van der Waals surface area contributed by atoms with E-state index in [9.17, 15) is 29.7 Å². The van der Waals surface area contributed by atoms with Crippen LogP contribution >= 0.6 is 34.8 Å². The van der Waals surface area contributed by atoms with Gasteiger partial charge >= 0.3 is 17.9 Å². The molecule has 6 heterocycles. The molecule has 612 valence electrons. The van der Waals surface area contributed by atoms with E-state index in [0.29, 0.717) is 111 Å². The van der Waals surface area contributed by atoms with E-state index in [1.807, 2.05) is 54.6 Å². The summed E-state index contributed by atoms with van der Waals surface area (Å²) in [6.07, 6.45) is 17.9. The molecule has 0 unspecified atom stereocenters. The Kier molecular flexibility index (Phi) is 24.3. The largest absolute Gasteiger partial charge is 0.490 e. The van der Waals surface area contributed by atoms with Gasteiger partial charge in [-0.25, -0.2) is 14.4 Å². The Bertz CT molecular complexity index is 4050. The van der Waals surface area contributed by atoms with Gasteiger partial charge < -0.3 is 72.7 Å². The van der Waals surface area contributed by atoms with Crippen LogP contribution in [0.25, 0.3) is 0 Å². The van der Waals surface area contributed by atoms with Gasteiger partial charge in [0.1, 0.15) is 17.2 Å². The lowest BCUT2D eigenvalue weighted by molar-refractivity contribution is -0.125. The normalized spacial score (nSPS) is 32.4. The van der Waals surface area contributed by atoms with Crippen LogP contribution in [0.4, 0.5) is 17.1 Å². The standard InChI is InChI=1S/3C31H38ClNO5/c3*1-19-16-37-29(14-27(19)34)24-8-5-22(24)15-33-17-31(11-3-4-20-12-23(32)7-9-25(20)31)18-38-28-10-6-21(13-26(28)33)30(35)36-2/h3*6-7,9-10,12-13,19,22,24,27,29,34H,3-5,8,11,14-18H2,1-2H3/t19-,22+,24-,27-,29+,31+;19-,22+,24-,27-,29-,31+;19-,22-,24+,27+,29-,31-/m110/s1. The van der Waals surface area contributed by atoms with Crippen molar-refractivity contribution in [2.45, 2.75) is 189 Å². The van der Waals surface area contributed by atoms with Gasteiger partial charge in [-0.3, -0.25) is 0 Å². The molecule has 114 heavy (non-hydrogen) atoms. The Morgan fingerprint density at radius 3 is 0.956 bits per heavy atom. The fourth-order valence-corrected chi connectivity index (χ4v) is 22.1. The van der Waals surface area contributed by atoms with E-state index in [4.69, 9.17) is 77.4 Å². The molecule has 3 saturated carbocycles. The van der Waals surface area contributed by atoms with Crippen molar-refractivity contribution < 1.29 is 72.3 Å². The zero-order valence-corrected chi connectivity index (χ0v) is 69.2. The highest BCUT2D eigenvalue weighted by atomic mass is 35.5. The van der Waals surface area contributed by atoms with Crippen LogP contribution in [0.5, 0.6) is 17.2 Å². The second-order valence-electron chi connectivity index (χ2n) is 35.8. The van der Waals surface area contributed by atoms with Crippen molar-refractivity contribution in [1.82, 2.24) is 0 Å². The molecule has 21 heteroatoms. The second kappa shape index (κ2) is 34.2. The van der Waals surface area contributed by atoms with Crippen LogP contribution in [0.15, 0.2) is 109 Å². The van der Waals surface area contributed by atoms with E-state index in [1.165, 1.54) is 54.7 Å². The predicted molar refractivity (Wildman–Crippen MR) is 442 cm³/mol. The van der Waals surface area contributed by atoms with Crippen LogP contribution in [0, 0.1) is 53.3 Å². The Morgan fingerprint density at radius 2 is 0.702 bits per heavy atom. The van der Waals surface area contributed by atoms with E-state index in [2.05, 4.69) is 71.9 Å². The molecule has 0 amide bonds. The van der Waals surface area contributed by atoms with E-state index in [1.54, 1.807) is 18.2 Å². The van der Waals surface area contributed by atoms with Gasteiger partial charge in [0.15, 0.2) is 0 Å². The maximum absolute atomic E-state index is 12.5. The van der Waals surface area contributed by atoms with Gasteiger partial charge in [-0.15, -0.1) is 0 Å². The number of nitrogens with zero attached hydrogens (tertiary/aromatic N) is 3. The summed E-state index contributed by atoms with van der Waals surface area (Å²) in [4.78, 5) is 44.7. The highest BCUT2D eigenvalue weighted by molar-refractivity contribution is 6.31. The molecule has 6 aliphatic carbocycles. The van der Waals surface area contributed by atoms with Crippen molar-refractivity contribution in [3.8, 4) is 17.2 Å². The van der Waals surface area contributed by atoms with Crippen molar-refractivity contribution >= 4 is 69.8 Å². The number of hydrogen-bond donors (Lipinski definition) is 3. The summed E-state index contributed by atoms with van der Waals surface area (Å²) in [5, 5.41) is 33.9. The van der Waals surface area contributed by atoms with E-state index < -0.39 is 0 Å². The molecule has 6 fully saturated rings. The zero-order valence-electron chi connectivity index (χ0n) is 67.0. The van der Waals surface area contributed by atoms with Crippen molar-refractivity contribution in [2.24, 2.45) is 53.3 Å². The molecule has 3 spiro atoms. The van der Waals surface area contributed by atoms with Crippen LogP contribution in [0.1, 0.15) is 182 Å². The summed E-state index contributed by atoms with van der Waals surface area (Å²) in [6, 6.07) is 35.8. The van der Waals surface area contributed by atoms with Gasteiger partial charge in [0.2, 0.25) is 0 Å². The summed E-state index contributed by atoms with van der Waals surface area (Å²) in [6.45, 7) is 14.8. The van der Waals surface area contributed by atoms with Crippen molar-refractivity contribution in [3.63, 3.8) is 0 Å². The van der Waals surface area contributed by atoms with Gasteiger partial charge in [0.25, 0.3) is 0 Å². The van der Waals surface area contributed by atoms with E-state index >= 15 is 0 Å². The molecule has 0 aromatic heterocycles. The maximum Gasteiger partial charge on any atom is 0.337 e. The lowest BCUT2D eigenvalue weighted by Crippen LogP contribution is -2.51. The summed E-state index contributed by atoms with van der Waals surface area (Å²) in [5.41, 5.74) is 11.9. The van der Waals surface area contributed by atoms with Crippen molar-refractivity contribution in [1.29, 1.82) is 0 Å². The van der Waals surface area contributed by atoms with E-state index in [0.717, 1.165) is 185 Å². The first-order valence-electron chi connectivity index (χ1n) is 42.2. The Balaban J connectivity index is 0.000000129. The number of aliphatic hydroxyl groups is 3. The molecule has 6 aromatic rings. The zero-order chi connectivity index (χ0) is 79.3. The topological polar surface area (TPSA) is 205 Å². The molecular weight excluding hydrogens is 1510 g/mol. The molecule has 3 saturated heterocycles. The third-order valence-corrected chi connectivity index (χ3v) is 29.4. The molecule has 6 aromatic carbocycles. The number of methoxy groups -OCH3 is 3. The number of hydrogen-bond acceptors (Lipinski definition) is 18. The highest BCUT2D eigenvalue weighted by Crippen LogP contribution is 2.53. The summed E-state index contributed by atoms with van der Waals surface area (Å²) in [5.74, 6) is 4.64. The molecular formula is C93H114Cl3N3O15. The fraction of sp³-hybridized carbons (Fsp3) is 0.581. The summed E-state index contributed by atoms with van der Waals surface area (Å²) in [7, 11) is 4.25. The quantitative estimate of drug-likeness (QED) is 0.0770. The number of halogens is 3. The van der Waals surface area contributed by atoms with Gasteiger partial charge in [0, 0.05) is 108 Å². The molecule has 0 radical (unpaired) electrons. The molecule has 18 atom stereocenters. The molecule has 3 N–H and O–H groups in total. The highest BCUT2D eigenvalue weighted by Gasteiger charge is 2.51. The number of fused-ring (bicyclic) bond motifs is 9. The van der Waals surface area contributed by atoms with Crippen LogP contribution in [0.2, 0.25) is 15.1 Å². The lowest BCUT2D eigenvalue weighted by atomic mass is 9.67. The van der Waals surface area contributed by atoms with Gasteiger partial charge in [0.05, 0.1) is 131 Å². The first-order chi connectivity index (χ1) is 55.1. The molecule has 0 bridgehead atoms. The minimum absolute atomic E-state index is 0.107. The Labute approximate surface area is 687 Å². The number of carbonyl (C=O) groups is 3. The third kappa shape index (κ3) is 16.5. The second-order valence-corrected chi connectivity index (χ2v) is 37.1. The predicted octanol–water partition coefficient (Wildman–Crippen LogP) is 16.2. The van der Waals surface area contributed by atoms with Gasteiger partial charge in [-0.1, -0.05) is 73.8 Å². The van der Waals surface area contributed by atoms with Crippen LogP contribution in [0.3, 0.4) is 0 Å². The smallest absolute Gasteiger partial charge is 0.337 e. The van der Waals surface area contributed by atoms with Gasteiger partial charge in [-0.05, 0) is 256 Å². The average molecular weight is 1620 g/mol. The first kappa shape index (κ1) is 80.9. The SMILES string of the molecule is COC(=O)c1ccc2c(c1)N(C[C@@H]1CC[C@H]1[C@@H]1C[C@@H](O)[C@@H](C)CO1)C[C@@]1(CCCc3cc(Cl)ccc31)CO2.COC(=O)c1ccc2c(c1)N(C[C@@H]1CC[C@H]1[C@@H]1C[C@@H](O)[C@H](C)CO1)C[C@@]1(CCCc3cc(Cl)ccc31)CO2.COC(=O)c1ccc2c(c1)N(C[C@@H]1CC[C@H]1[C@H]1C[C@@H](O)[C@H](C)CO1)C[C@@]1(CCCc3cc(Cl)ccc31)CO2. The number of ether oxygens (including phenoxy) is 9. The number of carbonyl (C=O) groups excluding carboxylic acids is 3. The minimum atomic E-state index is -0.343. The van der Waals surface area contributed by atoms with Crippen LogP contribution < -0.4 is 28.9 Å². The molecule has 18 rings (SSSR count). The maximum atomic E-state index is 12.5. The summed E-state index contributed by atoms with van der Waals surface area (Å²) < 4.78 is 53.5. The van der Waals surface area contributed by atoms with Crippen molar-refractivity contribution in [3.05, 3.63) is 174 Å². The van der Waals surface area contributed by atoms with Crippen LogP contribution in [-0.2, 0) is 63.9 Å². The molecule has 18 nitrogen and oxygen atoms in total. The molecule has 12 aliphatic rings. The number of benzene rings is 6. The fourth-order valence-electron chi connectivity index (χ4n) is 21.5. The lowest BCUT2D eigenvalue weighted by Gasteiger charge is -2.48. The third-order valence-electron chi connectivity index (χ3n) is 28.7. The average Bonchev–Trinajstić information content (AvgIpc) is 1.05. The Morgan fingerprint density at radius 1 is 0.412 bits per heavy atom. The molecule has 6 aliphatic heterocycles. The monoisotopic (exact) mass is 1620 g/mol. The van der Waals surface area contributed by atoms with Crippen LogP contribution in [-0.4, -0.2) is 170 Å². The summed E-state index contributed by atoms with van der Waals surface area (Å²) >= 11 is 19.2.